The van der Waals surface area contributed by atoms with Crippen molar-refractivity contribution in [3.63, 3.8) is 0 Å². The maximum Gasteiger partial charge on any atom is 0.261 e. The molecule has 2 aromatic rings. The van der Waals surface area contributed by atoms with E-state index >= 15 is 0 Å². The molecule has 0 aliphatic heterocycles. The fourth-order valence-electron chi connectivity index (χ4n) is 1.59. The van der Waals surface area contributed by atoms with Crippen molar-refractivity contribution in [2.75, 3.05) is 0 Å². The van der Waals surface area contributed by atoms with E-state index in [0.29, 0.717) is 11.1 Å². The first-order valence-electron chi connectivity index (χ1n) is 5.09. The Balaban J connectivity index is 2.60. The first-order valence-corrected chi connectivity index (χ1v) is 8.91. The lowest BCUT2D eigenvalue weighted by molar-refractivity contribution is 0.609. The minimum atomic E-state index is -3.83. The molecule has 0 fully saturated rings. The van der Waals surface area contributed by atoms with E-state index in [1.54, 1.807) is 12.1 Å². The smallest absolute Gasteiger partial charge is 0.207 e. The molecule has 0 heterocycles. The molecular weight excluding hydrogens is 385 g/mol. The maximum absolute atomic E-state index is 11.2. The zero-order chi connectivity index (χ0) is 15.1. The Kier molecular flexibility index (Phi) is 4.80. The van der Waals surface area contributed by atoms with Gasteiger partial charge in [0.25, 0.3) is 9.05 Å². The Bertz CT molecular complexity index is 763. The average Bonchev–Trinajstić information content (AvgIpc) is 2.34. The molecule has 0 unspecified atom stereocenters. The second-order valence-electron chi connectivity index (χ2n) is 3.83. The Hall–Kier alpha value is -0.160. The van der Waals surface area contributed by atoms with Crippen LogP contribution in [0.2, 0.25) is 20.1 Å². The highest BCUT2D eigenvalue weighted by molar-refractivity contribution is 8.13. The molecule has 0 bridgehead atoms. The fourth-order valence-corrected chi connectivity index (χ4v) is 3.32. The molecule has 0 aromatic heterocycles. The SMILES string of the molecule is O=S(=O)(Cl)c1ccc(-c2cc(Cl)c(Cl)c(Cl)c2)c(Cl)c1. The van der Waals surface area contributed by atoms with Crippen molar-refractivity contribution in [2.45, 2.75) is 4.90 Å². The Morgan fingerprint density at radius 3 is 1.80 bits per heavy atom. The van der Waals surface area contributed by atoms with Gasteiger partial charge in [-0.25, -0.2) is 8.42 Å². The van der Waals surface area contributed by atoms with Crippen molar-refractivity contribution in [2.24, 2.45) is 0 Å². The summed E-state index contributed by atoms with van der Waals surface area (Å²) in [6.07, 6.45) is 0. The number of hydrogen-bond acceptors (Lipinski definition) is 2. The molecule has 2 rings (SSSR count). The Morgan fingerprint density at radius 2 is 1.35 bits per heavy atom. The molecule has 0 aliphatic carbocycles. The maximum atomic E-state index is 11.2. The number of rotatable bonds is 2. The van der Waals surface area contributed by atoms with Crippen LogP contribution in [0.15, 0.2) is 35.2 Å². The zero-order valence-electron chi connectivity index (χ0n) is 9.50. The van der Waals surface area contributed by atoms with E-state index in [4.69, 9.17) is 57.1 Å². The monoisotopic (exact) mass is 388 g/mol. The van der Waals surface area contributed by atoms with Crippen LogP contribution in [-0.2, 0) is 9.05 Å². The number of benzene rings is 2. The quantitative estimate of drug-likeness (QED) is 0.473. The number of hydrogen-bond donors (Lipinski definition) is 0. The first-order chi connectivity index (χ1) is 9.20. The highest BCUT2D eigenvalue weighted by atomic mass is 35.7. The van der Waals surface area contributed by atoms with E-state index in [2.05, 4.69) is 0 Å². The third-order valence-electron chi connectivity index (χ3n) is 2.52. The van der Waals surface area contributed by atoms with Crippen molar-refractivity contribution in [1.82, 2.24) is 0 Å². The van der Waals surface area contributed by atoms with E-state index in [0.717, 1.165) is 0 Å². The minimum Gasteiger partial charge on any atom is -0.207 e. The molecule has 2 nitrogen and oxygen atoms in total. The lowest BCUT2D eigenvalue weighted by Crippen LogP contribution is -1.91. The van der Waals surface area contributed by atoms with Crippen molar-refractivity contribution in [1.29, 1.82) is 0 Å². The van der Waals surface area contributed by atoms with Gasteiger partial charge in [0.1, 0.15) is 0 Å². The zero-order valence-corrected chi connectivity index (χ0v) is 14.1. The number of halogens is 5. The summed E-state index contributed by atoms with van der Waals surface area (Å²) in [4.78, 5) is -0.0842. The third kappa shape index (κ3) is 3.35. The van der Waals surface area contributed by atoms with Gasteiger partial charge in [0.05, 0.1) is 20.0 Å². The van der Waals surface area contributed by atoms with Gasteiger partial charge in [0, 0.05) is 21.3 Å². The fraction of sp³-hybridized carbons (Fsp3) is 0. The highest BCUT2D eigenvalue weighted by Gasteiger charge is 2.14. The molecule has 0 atom stereocenters. The molecular formula is C12H5Cl5O2S. The largest absolute Gasteiger partial charge is 0.261 e. The van der Waals surface area contributed by atoms with Crippen molar-refractivity contribution in [3.8, 4) is 11.1 Å². The molecule has 0 spiro atoms. The molecule has 8 heteroatoms. The third-order valence-corrected chi connectivity index (χ3v) is 5.38. The van der Waals surface area contributed by atoms with Crippen LogP contribution in [-0.4, -0.2) is 8.42 Å². The Morgan fingerprint density at radius 1 is 0.800 bits per heavy atom. The van der Waals surface area contributed by atoms with Crippen molar-refractivity contribution >= 4 is 66.1 Å². The van der Waals surface area contributed by atoms with Gasteiger partial charge in [-0.1, -0.05) is 52.5 Å². The second kappa shape index (κ2) is 5.91. The van der Waals surface area contributed by atoms with Crippen LogP contribution in [0.3, 0.4) is 0 Å². The summed E-state index contributed by atoms with van der Waals surface area (Å²) in [6.45, 7) is 0. The van der Waals surface area contributed by atoms with Gasteiger partial charge >= 0.3 is 0 Å². The van der Waals surface area contributed by atoms with Gasteiger partial charge < -0.3 is 0 Å². The average molecular weight is 391 g/mol. The summed E-state index contributed by atoms with van der Waals surface area (Å²) in [5, 5.41) is 1.01. The topological polar surface area (TPSA) is 34.1 Å². The van der Waals surface area contributed by atoms with Crippen molar-refractivity contribution in [3.05, 3.63) is 50.4 Å². The summed E-state index contributed by atoms with van der Waals surface area (Å²) in [5.41, 5.74) is 1.18. The van der Waals surface area contributed by atoms with E-state index in [9.17, 15) is 8.42 Å². The van der Waals surface area contributed by atoms with E-state index < -0.39 is 9.05 Å². The summed E-state index contributed by atoms with van der Waals surface area (Å²) in [7, 11) is 1.42. The molecule has 0 amide bonds. The predicted octanol–water partition coefficient (Wildman–Crippen LogP) is 5.89. The van der Waals surface area contributed by atoms with E-state index in [-0.39, 0.29) is 25.0 Å². The van der Waals surface area contributed by atoms with E-state index in [1.807, 2.05) is 0 Å². The summed E-state index contributed by atoms with van der Waals surface area (Å²) in [6, 6.07) is 7.31. The normalized spacial score (nSPS) is 11.7. The van der Waals surface area contributed by atoms with Gasteiger partial charge in [-0.3, -0.25) is 0 Å². The van der Waals surface area contributed by atoms with Gasteiger partial charge in [-0.15, -0.1) is 0 Å². The van der Waals surface area contributed by atoms with Crippen LogP contribution in [0.4, 0.5) is 0 Å². The summed E-state index contributed by atoms with van der Waals surface area (Å²) >= 11 is 23.8. The molecule has 106 valence electrons. The highest BCUT2D eigenvalue weighted by Crippen LogP contribution is 2.38. The molecule has 0 saturated carbocycles. The van der Waals surface area contributed by atoms with Gasteiger partial charge in [0.2, 0.25) is 0 Å². The van der Waals surface area contributed by atoms with Gasteiger partial charge in [-0.05, 0) is 29.8 Å². The van der Waals surface area contributed by atoms with Gasteiger partial charge in [0.15, 0.2) is 0 Å². The standard InChI is InChI=1S/C12H5Cl5O2S/c13-9-5-7(20(17,18)19)1-2-8(9)6-3-10(14)12(16)11(15)4-6/h1-5H. The molecule has 0 radical (unpaired) electrons. The second-order valence-corrected chi connectivity index (χ2v) is 8.00. The molecule has 0 saturated heterocycles. The molecule has 20 heavy (non-hydrogen) atoms. The Labute approximate surface area is 140 Å². The van der Waals surface area contributed by atoms with Crippen LogP contribution in [0, 0.1) is 0 Å². The summed E-state index contributed by atoms with van der Waals surface area (Å²) < 4.78 is 22.5. The first kappa shape index (κ1) is 16.2. The van der Waals surface area contributed by atoms with Crippen LogP contribution >= 0.6 is 57.1 Å². The van der Waals surface area contributed by atoms with Crippen LogP contribution < -0.4 is 0 Å². The van der Waals surface area contributed by atoms with Crippen LogP contribution in [0.5, 0.6) is 0 Å². The lowest BCUT2D eigenvalue weighted by atomic mass is 10.1. The lowest BCUT2D eigenvalue weighted by Gasteiger charge is -2.08. The molecule has 0 N–H and O–H groups in total. The predicted molar refractivity (Wildman–Crippen MR) is 85.0 cm³/mol. The molecule has 2 aromatic carbocycles. The van der Waals surface area contributed by atoms with E-state index in [1.165, 1.54) is 18.2 Å². The molecule has 0 aliphatic rings. The van der Waals surface area contributed by atoms with Crippen molar-refractivity contribution < 1.29 is 8.42 Å². The van der Waals surface area contributed by atoms with Crippen LogP contribution in [0.25, 0.3) is 11.1 Å². The summed E-state index contributed by atoms with van der Waals surface area (Å²) in [5.74, 6) is 0. The van der Waals surface area contributed by atoms with Crippen LogP contribution in [0.1, 0.15) is 0 Å². The minimum absolute atomic E-state index is 0.0842. The van der Waals surface area contributed by atoms with Gasteiger partial charge in [-0.2, -0.15) is 0 Å².